The average molecular weight is 281 g/mol. The third-order valence-corrected chi connectivity index (χ3v) is 3.06. The highest BCUT2D eigenvalue weighted by molar-refractivity contribution is 5.79. The van der Waals surface area contributed by atoms with Gasteiger partial charge in [-0.3, -0.25) is 0 Å². The van der Waals surface area contributed by atoms with Crippen molar-refractivity contribution < 1.29 is 19.4 Å². The molecular formula is C15H23NO4. The molecular weight excluding hydrogens is 258 g/mol. The van der Waals surface area contributed by atoms with Crippen molar-refractivity contribution in [1.82, 2.24) is 5.32 Å². The van der Waals surface area contributed by atoms with Crippen LogP contribution in [0.25, 0.3) is 0 Å². The van der Waals surface area contributed by atoms with Crippen LogP contribution in [0.2, 0.25) is 0 Å². The highest BCUT2D eigenvalue weighted by atomic mass is 16.5. The molecule has 112 valence electrons. The molecule has 2 N–H and O–H groups in total. The Morgan fingerprint density at radius 3 is 2.75 bits per heavy atom. The maximum atomic E-state index is 12.0. The summed E-state index contributed by atoms with van der Waals surface area (Å²) < 4.78 is 10.2. The fourth-order valence-electron chi connectivity index (χ4n) is 1.97. The number of ether oxygens (including phenoxy) is 2. The van der Waals surface area contributed by atoms with Gasteiger partial charge in [0.2, 0.25) is 0 Å². The molecule has 5 nitrogen and oxygen atoms in total. The summed E-state index contributed by atoms with van der Waals surface area (Å²) >= 11 is 0. The van der Waals surface area contributed by atoms with Crippen LogP contribution in [0.4, 0.5) is 0 Å². The summed E-state index contributed by atoms with van der Waals surface area (Å²) in [5.74, 6) is 0.0760. The number of carbonyl (C=O) groups is 1. The molecule has 1 atom stereocenters. The molecule has 1 unspecified atom stereocenters. The summed E-state index contributed by atoms with van der Waals surface area (Å²) in [4.78, 5) is 12.0. The summed E-state index contributed by atoms with van der Waals surface area (Å²) in [5, 5.41) is 13.2. The summed E-state index contributed by atoms with van der Waals surface area (Å²) in [6.07, 6.45) is 4.05. The van der Waals surface area contributed by atoms with Crippen molar-refractivity contribution in [2.75, 3.05) is 20.3 Å². The lowest BCUT2D eigenvalue weighted by Gasteiger charge is -2.19. The zero-order valence-electron chi connectivity index (χ0n) is 12.5. The van der Waals surface area contributed by atoms with Crippen LogP contribution in [-0.2, 0) is 14.3 Å². The molecule has 20 heavy (non-hydrogen) atoms. The first-order chi connectivity index (χ1) is 9.49. The quantitative estimate of drug-likeness (QED) is 0.776. The van der Waals surface area contributed by atoms with Gasteiger partial charge in [-0.25, -0.2) is 4.79 Å². The van der Waals surface area contributed by atoms with Crippen LogP contribution in [0.15, 0.2) is 34.8 Å². The Balaban J connectivity index is 3.14. The van der Waals surface area contributed by atoms with Gasteiger partial charge < -0.3 is 19.9 Å². The number of carbonyl (C=O) groups excluding carboxylic acids is 1. The standard InChI is InChI=1S/C15H23NO4/c1-5-20-15(18)14-11(3)9-13(19-4)12(17)8-10(2)6-7-16-14/h8-9,14,16-17H,5-7H2,1-4H3/b10-8+,11-9+,13-12-. The monoisotopic (exact) mass is 281 g/mol. The van der Waals surface area contributed by atoms with E-state index in [4.69, 9.17) is 9.47 Å². The first-order valence-corrected chi connectivity index (χ1v) is 6.72. The Kier molecular flexibility index (Phi) is 6.31. The molecule has 0 aromatic carbocycles. The minimum absolute atomic E-state index is 0.0638. The zero-order valence-corrected chi connectivity index (χ0v) is 12.5. The lowest BCUT2D eigenvalue weighted by Crippen LogP contribution is -2.40. The van der Waals surface area contributed by atoms with Gasteiger partial charge in [-0.15, -0.1) is 0 Å². The van der Waals surface area contributed by atoms with Gasteiger partial charge in [0.15, 0.2) is 11.5 Å². The molecule has 0 fully saturated rings. The van der Waals surface area contributed by atoms with Crippen molar-refractivity contribution in [3.63, 3.8) is 0 Å². The topological polar surface area (TPSA) is 67.8 Å². The van der Waals surface area contributed by atoms with Crippen LogP contribution in [-0.4, -0.2) is 37.4 Å². The molecule has 0 saturated carbocycles. The second-order valence-electron chi connectivity index (χ2n) is 4.72. The Hall–Kier alpha value is -1.75. The Bertz CT molecular complexity index is 449. The molecule has 5 heteroatoms. The number of methoxy groups -OCH3 is 1. The predicted octanol–water partition coefficient (Wildman–Crippen LogP) is 2.22. The predicted molar refractivity (Wildman–Crippen MR) is 77.2 cm³/mol. The van der Waals surface area contributed by atoms with Crippen LogP contribution in [0.3, 0.4) is 0 Å². The molecule has 0 aromatic rings. The van der Waals surface area contributed by atoms with Gasteiger partial charge in [0.05, 0.1) is 13.7 Å². The first kappa shape index (κ1) is 16.3. The summed E-state index contributed by atoms with van der Waals surface area (Å²) in [7, 11) is 1.48. The van der Waals surface area contributed by atoms with E-state index in [1.54, 1.807) is 26.0 Å². The molecule has 0 spiro atoms. The van der Waals surface area contributed by atoms with Crippen molar-refractivity contribution in [3.05, 3.63) is 34.8 Å². The minimum atomic E-state index is -0.529. The van der Waals surface area contributed by atoms with E-state index in [1.165, 1.54) is 7.11 Å². The van der Waals surface area contributed by atoms with Gasteiger partial charge in [0.1, 0.15) is 6.04 Å². The van der Waals surface area contributed by atoms with E-state index in [-0.39, 0.29) is 11.7 Å². The van der Waals surface area contributed by atoms with E-state index in [1.807, 2.05) is 6.92 Å². The van der Waals surface area contributed by atoms with Crippen LogP contribution in [0, 0.1) is 0 Å². The van der Waals surface area contributed by atoms with Gasteiger partial charge in [0, 0.05) is 0 Å². The van der Waals surface area contributed by atoms with Gasteiger partial charge in [-0.1, -0.05) is 5.57 Å². The van der Waals surface area contributed by atoms with Gasteiger partial charge in [-0.05, 0) is 51.5 Å². The Morgan fingerprint density at radius 1 is 1.45 bits per heavy atom. The molecule has 0 saturated heterocycles. The summed E-state index contributed by atoms with van der Waals surface area (Å²) in [6.45, 7) is 6.46. The SMILES string of the molecule is CCOC(=O)C1NCC/C(C)=C/C(O)=C(OC)\C=C\1C. The van der Waals surface area contributed by atoms with Crippen molar-refractivity contribution in [1.29, 1.82) is 0 Å². The third kappa shape index (κ3) is 4.42. The van der Waals surface area contributed by atoms with Crippen molar-refractivity contribution >= 4 is 5.97 Å². The van der Waals surface area contributed by atoms with E-state index in [0.29, 0.717) is 18.9 Å². The Labute approximate surface area is 120 Å². The summed E-state index contributed by atoms with van der Waals surface area (Å²) in [5.41, 5.74) is 1.74. The molecule has 1 aliphatic rings. The average Bonchev–Trinajstić information content (AvgIpc) is 2.39. The molecule has 0 amide bonds. The van der Waals surface area contributed by atoms with E-state index in [2.05, 4.69) is 5.32 Å². The largest absolute Gasteiger partial charge is 0.504 e. The molecule has 0 aliphatic carbocycles. The van der Waals surface area contributed by atoms with Crippen LogP contribution < -0.4 is 5.32 Å². The van der Waals surface area contributed by atoms with E-state index in [9.17, 15) is 9.90 Å². The fourth-order valence-corrected chi connectivity index (χ4v) is 1.97. The van der Waals surface area contributed by atoms with Gasteiger partial charge in [0.25, 0.3) is 0 Å². The zero-order chi connectivity index (χ0) is 15.1. The highest BCUT2D eigenvalue weighted by Gasteiger charge is 2.22. The number of allylic oxidation sites excluding steroid dienone is 2. The highest BCUT2D eigenvalue weighted by Crippen LogP contribution is 2.16. The van der Waals surface area contributed by atoms with Crippen molar-refractivity contribution in [2.45, 2.75) is 33.2 Å². The summed E-state index contributed by atoms with van der Waals surface area (Å²) in [6, 6.07) is -0.529. The second-order valence-corrected chi connectivity index (χ2v) is 4.72. The number of nitrogens with one attached hydrogen (secondary N) is 1. The lowest BCUT2D eigenvalue weighted by molar-refractivity contribution is -0.144. The van der Waals surface area contributed by atoms with Crippen LogP contribution >= 0.6 is 0 Å². The lowest BCUT2D eigenvalue weighted by atomic mass is 10.1. The number of esters is 1. The van der Waals surface area contributed by atoms with Crippen molar-refractivity contribution in [3.8, 4) is 0 Å². The number of aliphatic hydroxyl groups excluding tert-OH is 1. The number of hydrogen-bond acceptors (Lipinski definition) is 5. The second kappa shape index (κ2) is 7.75. The fraction of sp³-hybridized carbons (Fsp3) is 0.533. The first-order valence-electron chi connectivity index (χ1n) is 6.72. The van der Waals surface area contributed by atoms with E-state index in [0.717, 1.165) is 17.6 Å². The molecule has 0 radical (unpaired) electrons. The minimum Gasteiger partial charge on any atom is -0.504 e. The van der Waals surface area contributed by atoms with Crippen molar-refractivity contribution in [2.24, 2.45) is 0 Å². The maximum Gasteiger partial charge on any atom is 0.327 e. The van der Waals surface area contributed by atoms with Crippen LogP contribution in [0.1, 0.15) is 27.2 Å². The molecule has 0 bridgehead atoms. The van der Waals surface area contributed by atoms with Gasteiger partial charge in [-0.2, -0.15) is 0 Å². The third-order valence-electron chi connectivity index (χ3n) is 3.06. The molecule has 1 rings (SSSR count). The Morgan fingerprint density at radius 2 is 2.15 bits per heavy atom. The van der Waals surface area contributed by atoms with Crippen LogP contribution in [0.5, 0.6) is 0 Å². The molecule has 0 aromatic heterocycles. The number of hydrogen-bond donors (Lipinski definition) is 2. The number of rotatable bonds is 3. The number of aliphatic hydroxyl groups is 1. The van der Waals surface area contributed by atoms with E-state index >= 15 is 0 Å². The maximum absolute atomic E-state index is 12.0. The van der Waals surface area contributed by atoms with E-state index < -0.39 is 6.04 Å². The molecule has 1 heterocycles. The molecule has 1 aliphatic heterocycles. The van der Waals surface area contributed by atoms with Gasteiger partial charge >= 0.3 is 5.97 Å². The normalized spacial score (nSPS) is 29.7. The smallest absolute Gasteiger partial charge is 0.327 e.